The molecule has 116 heavy (non-hydrogen) atoms. The molecular formula is C83H135ClN18O13S. The first kappa shape index (κ1) is 98.0. The van der Waals surface area contributed by atoms with E-state index in [1.807, 2.05) is 75.3 Å². The largest absolute Gasteiger partial charge is 0.391 e. The van der Waals surface area contributed by atoms with Gasteiger partial charge in [-0.2, -0.15) is 0 Å². The van der Waals surface area contributed by atoms with E-state index in [4.69, 9.17) is 16.6 Å². The first-order valence-corrected chi connectivity index (χ1v) is 42.2. The first-order valence-electron chi connectivity index (χ1n) is 41.0. The fraction of sp³-hybridized carbons (Fsp3) is 0.699. The second-order valence-electron chi connectivity index (χ2n) is 34.2. The van der Waals surface area contributed by atoms with Crippen LogP contribution in [0.5, 0.6) is 0 Å². The van der Waals surface area contributed by atoms with Crippen molar-refractivity contribution in [3.63, 3.8) is 0 Å². The van der Waals surface area contributed by atoms with Crippen LogP contribution >= 0.6 is 22.9 Å². The number of likely N-dealkylation sites (N-methyl/N-ethyl adjacent to an activating group) is 7. The molecule has 648 valence electrons. The molecule has 31 nitrogen and oxygen atoms in total. The first-order chi connectivity index (χ1) is 54.1. The molecule has 7 N–H and O–H groups in total. The van der Waals surface area contributed by atoms with E-state index in [2.05, 4.69) is 46.8 Å². The van der Waals surface area contributed by atoms with Gasteiger partial charge in [-0.3, -0.25) is 57.5 Å². The van der Waals surface area contributed by atoms with Gasteiger partial charge in [-0.15, -0.1) is 0 Å². The van der Waals surface area contributed by atoms with Gasteiger partial charge in [-0.1, -0.05) is 132 Å². The van der Waals surface area contributed by atoms with Gasteiger partial charge in [0.25, 0.3) is 5.91 Å². The summed E-state index contributed by atoms with van der Waals surface area (Å²) in [5.74, 6) is -7.29. The Labute approximate surface area is 697 Å². The number of piperazine rings is 1. The fourth-order valence-corrected chi connectivity index (χ4v) is 16.1. The normalized spacial score (nSPS) is 24.2. The number of aromatic nitrogens is 3. The topological polar surface area (TPSA) is 365 Å². The molecule has 3 aromatic rings. The van der Waals surface area contributed by atoms with Crippen molar-refractivity contribution in [3.8, 4) is 0 Å². The molecule has 0 aliphatic carbocycles. The van der Waals surface area contributed by atoms with E-state index in [1.54, 1.807) is 71.6 Å². The maximum absolute atomic E-state index is 15.8. The van der Waals surface area contributed by atoms with E-state index in [9.17, 15) is 48.3 Å². The number of amides is 12. The predicted octanol–water partition coefficient (Wildman–Crippen LogP) is 7.20. The summed E-state index contributed by atoms with van der Waals surface area (Å²) in [7, 11) is 10.4. The molecule has 1 aromatic carbocycles. The molecule has 4 heterocycles. The van der Waals surface area contributed by atoms with Crippen molar-refractivity contribution in [2.75, 3.05) is 97.6 Å². The molecule has 0 saturated carbocycles. The number of halogens is 1. The Morgan fingerprint density at radius 2 is 1.14 bits per heavy atom. The number of hydrogen-bond donors (Lipinski definition) is 7. The Balaban J connectivity index is 1.48. The van der Waals surface area contributed by atoms with E-state index in [1.165, 1.54) is 104 Å². The summed E-state index contributed by atoms with van der Waals surface area (Å²) in [5.41, 5.74) is 1.33. The number of benzene rings is 1. The third kappa shape index (κ3) is 26.4. The van der Waals surface area contributed by atoms with Gasteiger partial charge < -0.3 is 81.1 Å². The number of aliphatic hydroxyl groups is 1. The molecule has 1 unspecified atom stereocenters. The van der Waals surface area contributed by atoms with Crippen molar-refractivity contribution in [1.29, 1.82) is 0 Å². The van der Waals surface area contributed by atoms with Crippen LogP contribution in [-0.4, -0.2) is 285 Å². The molecule has 2 aromatic heterocycles. The summed E-state index contributed by atoms with van der Waals surface area (Å²) < 4.78 is 0. The minimum atomic E-state index is -1.33. The number of aliphatic hydroxyl groups excluding tert-OH is 1. The van der Waals surface area contributed by atoms with Gasteiger partial charge in [0, 0.05) is 94.0 Å². The zero-order valence-corrected chi connectivity index (χ0v) is 75.1. The van der Waals surface area contributed by atoms with Crippen LogP contribution in [0.15, 0.2) is 30.5 Å². The summed E-state index contributed by atoms with van der Waals surface area (Å²) in [4.78, 5) is 203. The van der Waals surface area contributed by atoms with E-state index in [-0.39, 0.29) is 74.0 Å². The van der Waals surface area contributed by atoms with Gasteiger partial charge >= 0.3 is 0 Å². The molecule has 33 heteroatoms. The molecular weight excluding hydrogens is 1520 g/mol. The number of carbonyl (C=O) groups excluding carboxylic acids is 12. The van der Waals surface area contributed by atoms with Crippen LogP contribution in [0.25, 0.3) is 0 Å². The van der Waals surface area contributed by atoms with Crippen molar-refractivity contribution in [2.45, 2.75) is 255 Å². The van der Waals surface area contributed by atoms with Crippen molar-refractivity contribution in [3.05, 3.63) is 51.7 Å². The molecule has 2 fully saturated rings. The van der Waals surface area contributed by atoms with E-state index >= 15 is 14.4 Å². The van der Waals surface area contributed by atoms with Crippen LogP contribution < -0.4 is 36.8 Å². The van der Waals surface area contributed by atoms with Crippen molar-refractivity contribution < 1.29 is 62.6 Å². The molecule has 0 bridgehead atoms. The Kier molecular flexibility index (Phi) is 37.4. The molecule has 2 saturated heterocycles. The highest BCUT2D eigenvalue weighted by Gasteiger charge is 2.46. The molecule has 13 atom stereocenters. The number of thiazole rings is 1. The van der Waals surface area contributed by atoms with Gasteiger partial charge in [-0.25, -0.2) is 15.0 Å². The van der Waals surface area contributed by atoms with Gasteiger partial charge in [0.1, 0.15) is 70.7 Å². The Bertz CT molecular complexity index is 3870. The van der Waals surface area contributed by atoms with Gasteiger partial charge in [0.05, 0.1) is 41.6 Å². The molecule has 2 aliphatic rings. The number of rotatable bonds is 22. The fourth-order valence-electron chi connectivity index (χ4n) is 15.1. The second kappa shape index (κ2) is 44.3. The zero-order valence-electron chi connectivity index (χ0n) is 73.5. The van der Waals surface area contributed by atoms with Gasteiger partial charge in [0.15, 0.2) is 5.13 Å². The van der Waals surface area contributed by atoms with E-state index in [0.717, 1.165) is 16.9 Å². The van der Waals surface area contributed by atoms with E-state index < -0.39 is 156 Å². The number of nitrogens with zero attached hydrogens (tertiary/aromatic N) is 12. The zero-order chi connectivity index (χ0) is 87.5. The number of anilines is 4. The van der Waals surface area contributed by atoms with Crippen molar-refractivity contribution in [2.24, 2.45) is 41.4 Å². The van der Waals surface area contributed by atoms with Crippen LogP contribution in [-0.2, 0) is 52.7 Å². The quantitative estimate of drug-likeness (QED) is 0.0523. The number of aryl methyl sites for hydroxylation is 2. The van der Waals surface area contributed by atoms with Crippen molar-refractivity contribution >= 4 is 116 Å². The number of hydrogen-bond acceptors (Lipinski definition) is 20. The number of carbonyl (C=O) groups is 12. The standard InChI is InChI=1S/C83H135ClN18O13S/c1-27-58-78(111)94(20)44-67(104)95(21)59(38-45(2)3)75(108)92-68(49(10)11)81(114)96(22)60(39-46(4)5)74(107)87-54(17)73(106)88-55(18)77(110)97(23)61(40-47(6)7)79(112)98(24)62(41-48(8)9)80(113)99(25)70(50(12)13)82(115)100(26)71(53(16)86-58)72(105)52(15)31-29-33-66(103)102-36-34-101(35-37-102)65-42-64(89-56(19)90-65)91-83-85-43-63(116-83)76(109)93-69-51(14)30-28-32-57(69)84/h28,30,32,42-43,45-50,52-55,58-62,68,70-72,86,105H,27,29,31,33-41,44H2,1-26H3,(H,87,107)(H,88,106)(H,92,108)(H,93,109)(H,85,89,90,91)/t52-,53?,54+,55-,58+,59+,60+,61+,62+,68+,70+,71-,72-/m1/s1. The predicted molar refractivity (Wildman–Crippen MR) is 452 cm³/mol. The molecule has 0 spiro atoms. The average molecular weight is 1660 g/mol. The monoisotopic (exact) mass is 1660 g/mol. The highest BCUT2D eigenvalue weighted by atomic mass is 35.5. The molecule has 2 aliphatic heterocycles. The lowest BCUT2D eigenvalue weighted by Gasteiger charge is -2.44. The van der Waals surface area contributed by atoms with Crippen LogP contribution in [0, 0.1) is 55.3 Å². The van der Waals surface area contributed by atoms with Crippen molar-refractivity contribution in [1.82, 2.24) is 75.4 Å². The number of nitrogens with one attached hydrogen (secondary N) is 6. The summed E-state index contributed by atoms with van der Waals surface area (Å²) in [6.45, 7) is 35.2. The Morgan fingerprint density at radius 3 is 1.68 bits per heavy atom. The van der Waals surface area contributed by atoms with Gasteiger partial charge in [-0.05, 0) is 133 Å². The minimum Gasteiger partial charge on any atom is -0.391 e. The summed E-state index contributed by atoms with van der Waals surface area (Å²) in [6.07, 6.45) is 1.75. The van der Waals surface area contributed by atoms with E-state index in [0.29, 0.717) is 77.2 Å². The summed E-state index contributed by atoms with van der Waals surface area (Å²) in [5, 5.41) is 31.6. The van der Waals surface area contributed by atoms with Crippen LogP contribution in [0.3, 0.4) is 0 Å². The highest BCUT2D eigenvalue weighted by Crippen LogP contribution is 2.32. The van der Waals surface area contributed by atoms with Gasteiger partial charge in [0.2, 0.25) is 65.0 Å². The Hall–Kier alpha value is -8.62. The number of para-hydroxylation sites is 1. The SMILES string of the molecule is CC[C@@H]1NC(C)[C@H]([C@H](O)[C@H](C)CCCC(=O)N2CCN(c3cc(Nc4ncc(C(=O)Nc5c(C)cccc5Cl)s4)nc(C)n3)CC2)N(C)C(=O)[C@H](C(C)C)N(C)C(=O)[C@H](CC(C)C)N(C)C(=O)[C@H](CC(C)C)N(C)C(=O)[C@@H](C)NC(=O)[C@H](C)NC(=O)[C@H](CC(C)C)N(C)C(=O)[C@H](C(C)C)NC(=O)[C@H](CC(C)C)N(C)C(=O)CN(C)C1=O. The Morgan fingerprint density at radius 1 is 0.612 bits per heavy atom. The maximum atomic E-state index is 15.8. The smallest absolute Gasteiger partial charge is 0.267 e. The highest BCUT2D eigenvalue weighted by molar-refractivity contribution is 7.17. The summed E-state index contributed by atoms with van der Waals surface area (Å²) in [6, 6.07) is -5.34. The summed E-state index contributed by atoms with van der Waals surface area (Å²) >= 11 is 7.53. The molecule has 5 rings (SSSR count). The van der Waals surface area contributed by atoms with Crippen LogP contribution in [0.4, 0.5) is 22.5 Å². The lowest BCUT2D eigenvalue weighted by Crippen LogP contribution is -2.64. The molecule has 12 amide bonds. The lowest BCUT2D eigenvalue weighted by atomic mass is 9.87. The average Bonchev–Trinajstić information content (AvgIpc) is 0.978. The van der Waals surface area contributed by atoms with Crippen LogP contribution in [0.1, 0.15) is 190 Å². The lowest BCUT2D eigenvalue weighted by molar-refractivity contribution is -0.156. The minimum absolute atomic E-state index is 0.0914. The van der Waals surface area contributed by atoms with Crippen LogP contribution in [0.2, 0.25) is 5.02 Å². The second-order valence-corrected chi connectivity index (χ2v) is 35.7. The maximum Gasteiger partial charge on any atom is 0.267 e. The molecule has 0 radical (unpaired) electrons. The third-order valence-electron chi connectivity index (χ3n) is 22.0. The third-order valence-corrected chi connectivity index (χ3v) is 23.3.